The highest BCUT2D eigenvalue weighted by Gasteiger charge is 2.33. The first-order chi connectivity index (χ1) is 9.58. The van der Waals surface area contributed by atoms with Crippen molar-refractivity contribution in [1.82, 2.24) is 19.8 Å². The molecule has 0 aromatic carbocycles. The number of hydrogen-bond donors (Lipinski definition) is 1. The van der Waals surface area contributed by atoms with Crippen LogP contribution in [0.5, 0.6) is 0 Å². The highest BCUT2D eigenvalue weighted by atomic mass is 15.3. The Kier molecular flexibility index (Phi) is 5.22. The molecule has 2 heterocycles. The van der Waals surface area contributed by atoms with E-state index < -0.39 is 0 Å². The van der Waals surface area contributed by atoms with E-state index in [0.717, 1.165) is 26.1 Å². The molecule has 0 spiro atoms. The van der Waals surface area contributed by atoms with E-state index in [1.165, 1.54) is 25.1 Å². The minimum absolute atomic E-state index is 0.270. The largest absolute Gasteiger partial charge is 0.338 e. The summed E-state index contributed by atoms with van der Waals surface area (Å²) in [6, 6.07) is 0.680. The highest BCUT2D eigenvalue weighted by Crippen LogP contribution is 2.21. The first kappa shape index (κ1) is 15.5. The van der Waals surface area contributed by atoms with E-state index in [9.17, 15) is 0 Å². The molecule has 1 aromatic heterocycles. The topological polar surface area (TPSA) is 33.1 Å². The first-order valence-electron chi connectivity index (χ1n) is 8.03. The Labute approximate surface area is 123 Å². The molecule has 114 valence electrons. The summed E-state index contributed by atoms with van der Waals surface area (Å²) in [5, 5.41) is 3.75. The molecule has 2 unspecified atom stereocenters. The van der Waals surface area contributed by atoms with Gasteiger partial charge in [-0.05, 0) is 19.8 Å². The second-order valence-corrected chi connectivity index (χ2v) is 6.41. The van der Waals surface area contributed by atoms with Crippen LogP contribution in [-0.2, 0) is 13.5 Å². The van der Waals surface area contributed by atoms with Crippen LogP contribution in [0.25, 0.3) is 0 Å². The molecule has 1 fully saturated rings. The summed E-state index contributed by atoms with van der Waals surface area (Å²) in [5.41, 5.74) is 0.270. The van der Waals surface area contributed by atoms with E-state index in [1.54, 1.807) is 0 Å². The monoisotopic (exact) mass is 278 g/mol. The SMILES string of the molecule is CCCC1CNC(C)(CC)CN1CCc1nccn1C. The molecule has 4 heteroatoms. The van der Waals surface area contributed by atoms with Crippen LogP contribution in [0.15, 0.2) is 12.4 Å². The average molecular weight is 278 g/mol. The van der Waals surface area contributed by atoms with Crippen molar-refractivity contribution in [2.75, 3.05) is 19.6 Å². The lowest BCUT2D eigenvalue weighted by atomic mass is 9.92. The quantitative estimate of drug-likeness (QED) is 0.866. The molecule has 2 atom stereocenters. The Morgan fingerprint density at radius 2 is 2.25 bits per heavy atom. The van der Waals surface area contributed by atoms with Crippen LogP contribution in [-0.4, -0.2) is 45.7 Å². The Bertz CT molecular complexity index is 414. The number of aryl methyl sites for hydroxylation is 1. The molecule has 0 bridgehead atoms. The third kappa shape index (κ3) is 3.61. The molecule has 0 saturated carbocycles. The molecule has 0 amide bonds. The van der Waals surface area contributed by atoms with Gasteiger partial charge in [0, 0.05) is 57.1 Å². The molecule has 20 heavy (non-hydrogen) atoms. The Morgan fingerprint density at radius 3 is 2.85 bits per heavy atom. The fraction of sp³-hybridized carbons (Fsp3) is 0.812. The standard InChI is InChI=1S/C16H30N4/c1-5-7-14-12-18-16(3,6-2)13-20(14)10-8-15-17-9-11-19(15)4/h9,11,14,18H,5-8,10,12-13H2,1-4H3. The van der Waals surface area contributed by atoms with Gasteiger partial charge in [-0.1, -0.05) is 20.3 Å². The van der Waals surface area contributed by atoms with Crippen molar-refractivity contribution in [1.29, 1.82) is 0 Å². The van der Waals surface area contributed by atoms with Gasteiger partial charge in [0.25, 0.3) is 0 Å². The van der Waals surface area contributed by atoms with Crippen LogP contribution < -0.4 is 5.32 Å². The van der Waals surface area contributed by atoms with Crippen LogP contribution in [0.1, 0.15) is 45.9 Å². The maximum Gasteiger partial charge on any atom is 0.109 e. The van der Waals surface area contributed by atoms with Gasteiger partial charge in [0.2, 0.25) is 0 Å². The van der Waals surface area contributed by atoms with Crippen molar-refractivity contribution < 1.29 is 0 Å². The summed E-state index contributed by atoms with van der Waals surface area (Å²) in [6.45, 7) is 10.3. The van der Waals surface area contributed by atoms with E-state index in [4.69, 9.17) is 0 Å². The minimum atomic E-state index is 0.270. The maximum atomic E-state index is 4.45. The third-order valence-corrected chi connectivity index (χ3v) is 4.78. The van der Waals surface area contributed by atoms with Crippen molar-refractivity contribution in [2.24, 2.45) is 7.05 Å². The zero-order valence-corrected chi connectivity index (χ0v) is 13.5. The lowest BCUT2D eigenvalue weighted by Crippen LogP contribution is -2.62. The molecule has 0 radical (unpaired) electrons. The average Bonchev–Trinajstić information content (AvgIpc) is 2.85. The van der Waals surface area contributed by atoms with Crippen molar-refractivity contribution in [3.8, 4) is 0 Å². The lowest BCUT2D eigenvalue weighted by Gasteiger charge is -2.46. The van der Waals surface area contributed by atoms with Crippen LogP contribution in [0.4, 0.5) is 0 Å². The predicted octanol–water partition coefficient (Wildman–Crippen LogP) is 2.21. The Hall–Kier alpha value is -0.870. The fourth-order valence-electron chi connectivity index (χ4n) is 3.12. The van der Waals surface area contributed by atoms with Gasteiger partial charge in [-0.2, -0.15) is 0 Å². The van der Waals surface area contributed by atoms with E-state index in [0.29, 0.717) is 6.04 Å². The summed E-state index contributed by atoms with van der Waals surface area (Å²) in [5.74, 6) is 1.19. The van der Waals surface area contributed by atoms with Gasteiger partial charge in [0.05, 0.1) is 0 Å². The van der Waals surface area contributed by atoms with Crippen molar-refractivity contribution >= 4 is 0 Å². The second-order valence-electron chi connectivity index (χ2n) is 6.41. The van der Waals surface area contributed by atoms with E-state index in [-0.39, 0.29) is 5.54 Å². The van der Waals surface area contributed by atoms with Gasteiger partial charge in [0.1, 0.15) is 5.82 Å². The van der Waals surface area contributed by atoms with Gasteiger partial charge in [-0.3, -0.25) is 4.90 Å². The molecule has 1 aromatic rings. The second kappa shape index (κ2) is 6.72. The number of nitrogens with one attached hydrogen (secondary N) is 1. The highest BCUT2D eigenvalue weighted by molar-refractivity contribution is 4.97. The van der Waals surface area contributed by atoms with Crippen molar-refractivity contribution in [3.63, 3.8) is 0 Å². The van der Waals surface area contributed by atoms with Gasteiger partial charge >= 0.3 is 0 Å². The maximum absolute atomic E-state index is 4.45. The molecule has 2 rings (SSSR count). The van der Waals surface area contributed by atoms with E-state index >= 15 is 0 Å². The molecule has 0 aliphatic carbocycles. The number of piperazine rings is 1. The Balaban J connectivity index is 1.98. The number of rotatable bonds is 6. The molecule has 1 aliphatic rings. The summed E-state index contributed by atoms with van der Waals surface area (Å²) in [4.78, 5) is 7.13. The summed E-state index contributed by atoms with van der Waals surface area (Å²) in [7, 11) is 2.08. The lowest BCUT2D eigenvalue weighted by molar-refractivity contribution is 0.0796. The minimum Gasteiger partial charge on any atom is -0.338 e. The zero-order chi connectivity index (χ0) is 14.6. The number of aromatic nitrogens is 2. The third-order valence-electron chi connectivity index (χ3n) is 4.78. The first-order valence-corrected chi connectivity index (χ1v) is 8.03. The summed E-state index contributed by atoms with van der Waals surface area (Å²) < 4.78 is 2.13. The van der Waals surface area contributed by atoms with E-state index in [2.05, 4.69) is 47.6 Å². The molecule has 4 nitrogen and oxygen atoms in total. The summed E-state index contributed by atoms with van der Waals surface area (Å²) in [6.07, 6.45) is 8.70. The number of nitrogens with zero attached hydrogens (tertiary/aromatic N) is 3. The zero-order valence-electron chi connectivity index (χ0n) is 13.5. The van der Waals surface area contributed by atoms with Gasteiger partial charge in [0.15, 0.2) is 0 Å². The van der Waals surface area contributed by atoms with Crippen molar-refractivity contribution in [2.45, 2.75) is 58.0 Å². The normalized spacial score (nSPS) is 27.9. The van der Waals surface area contributed by atoms with Gasteiger partial charge in [-0.25, -0.2) is 4.98 Å². The molecule has 1 saturated heterocycles. The number of imidazole rings is 1. The number of hydrogen-bond acceptors (Lipinski definition) is 3. The van der Waals surface area contributed by atoms with Crippen LogP contribution in [0, 0.1) is 0 Å². The van der Waals surface area contributed by atoms with Gasteiger partial charge < -0.3 is 9.88 Å². The predicted molar refractivity (Wildman–Crippen MR) is 83.9 cm³/mol. The summed E-state index contributed by atoms with van der Waals surface area (Å²) >= 11 is 0. The van der Waals surface area contributed by atoms with Gasteiger partial charge in [-0.15, -0.1) is 0 Å². The van der Waals surface area contributed by atoms with Crippen molar-refractivity contribution in [3.05, 3.63) is 18.2 Å². The molecular weight excluding hydrogens is 248 g/mol. The van der Waals surface area contributed by atoms with Crippen LogP contribution in [0.2, 0.25) is 0 Å². The van der Waals surface area contributed by atoms with Crippen LogP contribution in [0.3, 0.4) is 0 Å². The van der Waals surface area contributed by atoms with E-state index in [1.807, 2.05) is 12.4 Å². The fourth-order valence-corrected chi connectivity index (χ4v) is 3.12. The smallest absolute Gasteiger partial charge is 0.109 e. The molecule has 1 aliphatic heterocycles. The molecular formula is C16H30N4. The Morgan fingerprint density at radius 1 is 1.45 bits per heavy atom. The van der Waals surface area contributed by atoms with Crippen LogP contribution >= 0.6 is 0 Å². The molecule has 1 N–H and O–H groups in total.